The second-order valence-electron chi connectivity index (χ2n) is 3.35. The maximum absolute atomic E-state index is 11.5. The Morgan fingerprint density at radius 3 is 2.54 bits per heavy atom. The zero-order valence-electron chi connectivity index (χ0n) is 7.71. The van der Waals surface area contributed by atoms with E-state index in [1.165, 1.54) is 0 Å². The summed E-state index contributed by atoms with van der Waals surface area (Å²) in [5.74, 6) is 0.238. The number of halogens is 1. The van der Waals surface area contributed by atoms with Crippen molar-refractivity contribution in [1.29, 1.82) is 0 Å². The highest BCUT2D eigenvalue weighted by Crippen LogP contribution is 2.13. The molecule has 0 radical (unpaired) electrons. The molecule has 3 amide bonds. The van der Waals surface area contributed by atoms with Crippen LogP contribution in [-0.4, -0.2) is 35.3 Å². The van der Waals surface area contributed by atoms with Gasteiger partial charge in [-0.3, -0.25) is 9.69 Å². The van der Waals surface area contributed by atoms with Gasteiger partial charge in [-0.25, -0.2) is 4.79 Å². The molecule has 0 saturated carbocycles. The summed E-state index contributed by atoms with van der Waals surface area (Å²) in [5, 5.41) is 2.62. The summed E-state index contributed by atoms with van der Waals surface area (Å²) in [6.45, 7) is 4.08. The molecule has 13 heavy (non-hydrogen) atoms. The number of alkyl halides is 1. The van der Waals surface area contributed by atoms with Crippen molar-refractivity contribution < 1.29 is 9.59 Å². The fourth-order valence-corrected chi connectivity index (χ4v) is 1.46. The predicted octanol–water partition coefficient (Wildman–Crippen LogP) is 0.802. The van der Waals surface area contributed by atoms with Crippen molar-refractivity contribution >= 4 is 23.5 Å². The fraction of sp³-hybridized carbons (Fsp3) is 0.750. The van der Waals surface area contributed by atoms with Crippen LogP contribution < -0.4 is 5.32 Å². The molecule has 0 aliphatic carbocycles. The highest BCUT2D eigenvalue weighted by molar-refractivity contribution is 6.18. The van der Waals surface area contributed by atoms with Crippen molar-refractivity contribution in [2.75, 3.05) is 12.4 Å². The fourth-order valence-electron chi connectivity index (χ4n) is 1.29. The molecule has 1 fully saturated rings. The van der Waals surface area contributed by atoms with E-state index in [1.54, 1.807) is 0 Å². The summed E-state index contributed by atoms with van der Waals surface area (Å²) in [4.78, 5) is 23.9. The van der Waals surface area contributed by atoms with Crippen LogP contribution in [0, 0.1) is 5.92 Å². The molecule has 74 valence electrons. The minimum absolute atomic E-state index is 0.122. The summed E-state index contributed by atoms with van der Waals surface area (Å²) in [5.41, 5.74) is 0. The lowest BCUT2D eigenvalue weighted by Gasteiger charge is -2.12. The van der Waals surface area contributed by atoms with Crippen LogP contribution in [0.15, 0.2) is 0 Å². The summed E-state index contributed by atoms with van der Waals surface area (Å²) < 4.78 is 0. The summed E-state index contributed by atoms with van der Waals surface area (Å²) in [6.07, 6.45) is 0. The van der Waals surface area contributed by atoms with Gasteiger partial charge in [0.1, 0.15) is 6.04 Å². The molecule has 1 rings (SSSR count). The number of hydrogen-bond donors (Lipinski definition) is 1. The van der Waals surface area contributed by atoms with E-state index < -0.39 is 0 Å². The van der Waals surface area contributed by atoms with Gasteiger partial charge in [-0.1, -0.05) is 13.8 Å². The van der Waals surface area contributed by atoms with Gasteiger partial charge in [0, 0.05) is 12.4 Å². The van der Waals surface area contributed by atoms with Crippen LogP contribution in [0.3, 0.4) is 0 Å². The lowest BCUT2D eigenvalue weighted by Crippen LogP contribution is -2.35. The maximum atomic E-state index is 11.5. The molecule has 5 heteroatoms. The molecule has 1 aliphatic rings. The molecule has 0 aromatic heterocycles. The molecule has 1 N–H and O–H groups in total. The second-order valence-corrected chi connectivity index (χ2v) is 3.73. The van der Waals surface area contributed by atoms with Gasteiger partial charge >= 0.3 is 6.03 Å². The van der Waals surface area contributed by atoms with Gasteiger partial charge in [0.05, 0.1) is 0 Å². The van der Waals surface area contributed by atoms with E-state index >= 15 is 0 Å². The first-order valence-corrected chi connectivity index (χ1v) is 4.79. The Morgan fingerprint density at radius 1 is 1.54 bits per heavy atom. The number of imide groups is 1. The zero-order chi connectivity index (χ0) is 10.0. The molecular formula is C8H13ClN2O2. The first kappa shape index (κ1) is 10.3. The Labute approximate surface area is 82.2 Å². The normalized spacial score (nSPS) is 22.8. The Balaban J connectivity index is 2.69. The Kier molecular flexibility index (Phi) is 3.14. The first-order valence-electron chi connectivity index (χ1n) is 4.25. The highest BCUT2D eigenvalue weighted by atomic mass is 35.5. The molecule has 0 aromatic rings. The van der Waals surface area contributed by atoms with E-state index in [2.05, 4.69) is 5.32 Å². The average molecular weight is 205 g/mol. The molecule has 0 bridgehead atoms. The van der Waals surface area contributed by atoms with E-state index in [4.69, 9.17) is 11.6 Å². The van der Waals surface area contributed by atoms with Crippen LogP contribution in [0.1, 0.15) is 13.8 Å². The molecule has 1 saturated heterocycles. The quantitative estimate of drug-likeness (QED) is 0.546. The molecule has 4 nitrogen and oxygen atoms in total. The van der Waals surface area contributed by atoms with Crippen molar-refractivity contribution in [3.8, 4) is 0 Å². The number of urea groups is 1. The molecule has 1 atom stereocenters. The highest BCUT2D eigenvalue weighted by Gasteiger charge is 2.38. The number of carbonyl (C=O) groups excluding carboxylic acids is 2. The molecule has 1 aliphatic heterocycles. The Bertz CT molecular complexity index is 230. The van der Waals surface area contributed by atoms with E-state index in [0.717, 1.165) is 4.90 Å². The van der Waals surface area contributed by atoms with Crippen LogP contribution in [0.5, 0.6) is 0 Å². The lowest BCUT2D eigenvalue weighted by molar-refractivity contribution is -0.128. The second kappa shape index (κ2) is 3.96. The molecule has 0 spiro atoms. The number of rotatable bonds is 3. The number of amides is 3. The van der Waals surface area contributed by atoms with E-state index in [-0.39, 0.29) is 36.3 Å². The van der Waals surface area contributed by atoms with Crippen LogP contribution in [-0.2, 0) is 4.79 Å². The monoisotopic (exact) mass is 204 g/mol. The molecular weight excluding hydrogens is 192 g/mol. The van der Waals surface area contributed by atoms with Crippen molar-refractivity contribution in [1.82, 2.24) is 10.2 Å². The minimum Gasteiger partial charge on any atom is -0.326 e. The van der Waals surface area contributed by atoms with Crippen LogP contribution in [0.2, 0.25) is 0 Å². The number of nitrogens with one attached hydrogen (secondary N) is 1. The third-order valence-electron chi connectivity index (χ3n) is 2.03. The molecule has 1 heterocycles. The van der Waals surface area contributed by atoms with Gasteiger partial charge in [-0.2, -0.15) is 0 Å². The maximum Gasteiger partial charge on any atom is 0.324 e. The zero-order valence-corrected chi connectivity index (χ0v) is 8.47. The van der Waals surface area contributed by atoms with E-state index in [9.17, 15) is 9.59 Å². The van der Waals surface area contributed by atoms with Crippen LogP contribution >= 0.6 is 11.6 Å². The number of nitrogens with zero attached hydrogens (tertiary/aromatic N) is 1. The standard InChI is InChI=1S/C8H13ClN2O2/c1-5(2)6-7(12)11(4-3-9)8(13)10-6/h5-6H,3-4H2,1-2H3,(H,10,13)/t6-/m0/s1. The van der Waals surface area contributed by atoms with Gasteiger partial charge in [0.2, 0.25) is 0 Å². The average Bonchev–Trinajstić information content (AvgIpc) is 2.32. The summed E-state index contributed by atoms with van der Waals surface area (Å²) in [7, 11) is 0. The lowest BCUT2D eigenvalue weighted by atomic mass is 10.1. The third-order valence-corrected chi connectivity index (χ3v) is 2.20. The van der Waals surface area contributed by atoms with E-state index in [1.807, 2.05) is 13.8 Å². The number of hydrogen-bond acceptors (Lipinski definition) is 2. The topological polar surface area (TPSA) is 49.4 Å². The van der Waals surface area contributed by atoms with Gasteiger partial charge in [-0.05, 0) is 5.92 Å². The first-order chi connectivity index (χ1) is 6.07. The predicted molar refractivity (Wildman–Crippen MR) is 49.6 cm³/mol. The SMILES string of the molecule is CC(C)[C@@H]1NC(=O)N(CCCl)C1=O. The Hall–Kier alpha value is -0.770. The van der Waals surface area contributed by atoms with Crippen LogP contribution in [0.25, 0.3) is 0 Å². The van der Waals surface area contributed by atoms with Gasteiger partial charge in [0.15, 0.2) is 0 Å². The smallest absolute Gasteiger partial charge is 0.324 e. The molecule has 0 unspecified atom stereocenters. The summed E-state index contributed by atoms with van der Waals surface area (Å²) >= 11 is 5.47. The van der Waals surface area contributed by atoms with Crippen molar-refractivity contribution in [3.05, 3.63) is 0 Å². The third kappa shape index (κ3) is 1.94. The van der Waals surface area contributed by atoms with Crippen molar-refractivity contribution in [2.24, 2.45) is 5.92 Å². The van der Waals surface area contributed by atoms with Crippen molar-refractivity contribution in [3.63, 3.8) is 0 Å². The summed E-state index contributed by atoms with van der Waals surface area (Å²) in [6, 6.07) is -0.708. The van der Waals surface area contributed by atoms with Gasteiger partial charge < -0.3 is 5.32 Å². The largest absolute Gasteiger partial charge is 0.326 e. The van der Waals surface area contributed by atoms with Gasteiger partial charge in [-0.15, -0.1) is 11.6 Å². The van der Waals surface area contributed by atoms with E-state index in [0.29, 0.717) is 0 Å². The molecule has 0 aromatic carbocycles. The van der Waals surface area contributed by atoms with Crippen LogP contribution in [0.4, 0.5) is 4.79 Å². The van der Waals surface area contributed by atoms with Gasteiger partial charge in [0.25, 0.3) is 5.91 Å². The Morgan fingerprint density at radius 2 is 2.15 bits per heavy atom. The minimum atomic E-state index is -0.379. The van der Waals surface area contributed by atoms with Crippen molar-refractivity contribution in [2.45, 2.75) is 19.9 Å². The number of carbonyl (C=O) groups is 2.